The van der Waals surface area contributed by atoms with Crippen LogP contribution >= 0.6 is 24.4 Å². The Kier molecular flexibility index (Phi) is 24.2. The van der Waals surface area contributed by atoms with Crippen molar-refractivity contribution in [1.82, 2.24) is 74.0 Å². The summed E-state index contributed by atoms with van der Waals surface area (Å²) in [5, 5.41) is 17.3. The second-order valence-corrected chi connectivity index (χ2v) is 27.3. The van der Waals surface area contributed by atoms with Gasteiger partial charge in [-0.25, -0.2) is 24.6 Å². The van der Waals surface area contributed by atoms with Crippen molar-refractivity contribution in [3.63, 3.8) is 0 Å². The summed E-state index contributed by atoms with van der Waals surface area (Å²) in [5.74, 6) is 4.76. The van der Waals surface area contributed by atoms with Gasteiger partial charge in [0.2, 0.25) is 5.91 Å². The number of carbonyl (C=O) groups is 1. The number of anilines is 6. The Labute approximate surface area is 612 Å². The molecule has 0 fully saturated rings. The number of ether oxygens (including phenoxy) is 6. The smallest absolute Gasteiger partial charge is 0.240 e. The van der Waals surface area contributed by atoms with E-state index in [1.807, 2.05) is 150 Å². The van der Waals surface area contributed by atoms with Crippen LogP contribution in [-0.4, -0.2) is 159 Å². The summed E-state index contributed by atoms with van der Waals surface area (Å²) < 4.78 is 52.1. The summed E-state index contributed by atoms with van der Waals surface area (Å²) in [5.41, 5.74) is 20.0. The molecule has 6 aromatic carbocycles. The first kappa shape index (κ1) is 75.1. The van der Waals surface area contributed by atoms with Crippen molar-refractivity contribution in [2.24, 2.45) is 25.7 Å². The number of hydrogen-bond acceptors (Lipinski definition) is 22. The zero-order chi connectivity index (χ0) is 73.1. The molecule has 1 amide bonds. The summed E-state index contributed by atoms with van der Waals surface area (Å²) in [4.78, 5) is 60.6. The summed E-state index contributed by atoms with van der Waals surface area (Å²) in [7, 11) is 10.1. The number of aryl methyl sites for hydroxylation is 3. The molecule has 2 atom stereocenters. The number of aromatic nitrogens is 15. The second kappa shape index (κ2) is 33.5. The molecule has 0 spiro atoms. The fraction of sp³-hybridized carbons (Fsp3) is 0.270. The summed E-state index contributed by atoms with van der Waals surface area (Å²) >= 11 is 0. The molecule has 0 radical (unpaired) electrons. The summed E-state index contributed by atoms with van der Waals surface area (Å²) in [6, 6.07) is 33.6. The van der Waals surface area contributed by atoms with Crippen LogP contribution in [0.25, 0.3) is 66.9 Å². The van der Waals surface area contributed by atoms with Crippen LogP contribution in [0.1, 0.15) is 26.6 Å². The standard InChI is InChI=1S/C28H32N8O2.C23H24N6O3.C23H26N5O4P.BrH/c1-19(2)16-34-17-21(14-31-34)28-15-29-26-7-6-22(12-27(26)33-28)35(8-9-36-20(3)30-18-32-36)23-10-24(37-4)13-25(11-23)38-5;1-14(23(24)30)29(17-7-18(31-3)10-19(8-17)32-4)16-5-6-20-21(9-16)27-22(12-25-20)15-11-26-28(2)13-15;1-27-15-16(13-25-27)23-14-24-21-6-5-17(11-22(21)26-23)28(7-8-33(4,29)30)18-9-19(31-2)12-20(10-18)32-3;/h6-7,10-15,17-19H,8-9,16H2,1-5H3;5-14H,1-4H3,(H2,24,30);5-6,9-15H,7-8H2,1-4H3,(H,29,30);1H. The molecule has 2 unspecified atom stereocenters. The van der Waals surface area contributed by atoms with Crippen LogP contribution in [0.15, 0.2) is 171 Å². The number of halogens is 1. The maximum Gasteiger partial charge on any atom is 0.240 e. The lowest BCUT2D eigenvalue weighted by atomic mass is 10.1. The number of amides is 1. The highest BCUT2D eigenvalue weighted by molar-refractivity contribution is 8.93. The molecule has 0 aliphatic carbocycles. The normalized spacial score (nSPS) is 11.9. The van der Waals surface area contributed by atoms with E-state index in [-0.39, 0.29) is 23.1 Å². The zero-order valence-electron chi connectivity index (χ0n) is 60.1. The van der Waals surface area contributed by atoms with Crippen molar-refractivity contribution in [2.75, 3.05) is 83.3 Å². The number of benzene rings is 6. The molecular formula is C74H83BrN19O9P. The van der Waals surface area contributed by atoms with Crippen molar-refractivity contribution in [2.45, 2.75) is 46.8 Å². The molecule has 0 bridgehead atoms. The lowest BCUT2D eigenvalue weighted by Gasteiger charge is -2.30. The number of carbonyl (C=O) groups excluding carboxylic acids is 1. The maximum atomic E-state index is 12.2. The SMILES string of the molecule is Br.COc1cc(OC)cc(N(CCP(C)(=O)O)c2ccc3ncc(-c4cnn(C)c4)nc3c2)c1.COc1cc(OC)cc(N(CCn2ncnc2C)c2ccc3ncc(-c4cnn(CC(C)C)c4)nc3c2)c1.COc1cc(OC)cc(N(c2ccc3ncc(-c4cnn(C)c4)nc3c2)C(C)C(N)=O)c1. The third-order valence-corrected chi connectivity index (χ3v) is 17.8. The van der Waals surface area contributed by atoms with Crippen molar-refractivity contribution >= 4 is 97.5 Å². The first-order chi connectivity index (χ1) is 49.6. The first-order valence-corrected chi connectivity index (χ1v) is 35.2. The van der Waals surface area contributed by atoms with Gasteiger partial charge >= 0.3 is 0 Å². The van der Waals surface area contributed by atoms with E-state index in [0.717, 1.165) is 91.0 Å². The predicted octanol–water partition coefficient (Wildman–Crippen LogP) is 12.6. The van der Waals surface area contributed by atoms with Crippen molar-refractivity contribution < 1.29 is 42.7 Å². The van der Waals surface area contributed by atoms with Crippen molar-refractivity contribution in [3.05, 3.63) is 177 Å². The molecule has 0 aliphatic heterocycles. The molecule has 13 aromatic rings. The van der Waals surface area contributed by atoms with Crippen LogP contribution < -0.4 is 48.9 Å². The second-order valence-electron chi connectivity index (χ2n) is 24.7. The number of hydrogen-bond donors (Lipinski definition) is 2. The highest BCUT2D eigenvalue weighted by Gasteiger charge is 2.25. The molecule has 0 saturated heterocycles. The van der Waals surface area contributed by atoms with Crippen LogP contribution in [0.2, 0.25) is 0 Å². The van der Waals surface area contributed by atoms with Gasteiger partial charge in [-0.3, -0.25) is 38.4 Å². The molecule has 13 rings (SSSR count). The van der Waals surface area contributed by atoms with E-state index in [1.165, 1.54) is 6.66 Å². The molecular weight excluding hydrogens is 1410 g/mol. The van der Waals surface area contributed by atoms with Gasteiger partial charge in [0.05, 0.1) is 137 Å². The highest BCUT2D eigenvalue weighted by atomic mass is 79.9. The Morgan fingerprint density at radius 3 is 1.27 bits per heavy atom. The molecule has 7 aromatic heterocycles. The quantitative estimate of drug-likeness (QED) is 0.0502. The van der Waals surface area contributed by atoms with Crippen molar-refractivity contribution in [3.8, 4) is 68.3 Å². The van der Waals surface area contributed by atoms with Gasteiger partial charge in [0.1, 0.15) is 52.7 Å². The molecule has 0 aliphatic rings. The van der Waals surface area contributed by atoms with Gasteiger partial charge in [0.25, 0.3) is 0 Å². The van der Waals surface area contributed by atoms with Crippen molar-refractivity contribution in [1.29, 1.82) is 0 Å². The van der Waals surface area contributed by atoms with E-state index in [4.69, 9.17) is 49.1 Å². The van der Waals surface area contributed by atoms with E-state index in [2.05, 4.69) is 71.2 Å². The molecule has 3 N–H and O–H groups in total. The minimum atomic E-state index is -3.23. The van der Waals surface area contributed by atoms with Crippen LogP contribution in [0.4, 0.5) is 34.1 Å². The lowest BCUT2D eigenvalue weighted by Crippen LogP contribution is -2.40. The zero-order valence-corrected chi connectivity index (χ0v) is 62.7. The molecule has 28 nitrogen and oxygen atoms in total. The third-order valence-electron chi connectivity index (χ3n) is 16.8. The van der Waals surface area contributed by atoms with Gasteiger partial charge in [-0.15, -0.1) is 17.0 Å². The minimum absolute atomic E-state index is 0. The highest BCUT2D eigenvalue weighted by Crippen LogP contribution is 2.41. The van der Waals surface area contributed by atoms with Gasteiger partial charge in [-0.2, -0.15) is 20.4 Å². The van der Waals surface area contributed by atoms with E-state index >= 15 is 0 Å². The van der Waals surface area contributed by atoms with Crippen LogP contribution in [0, 0.1) is 12.8 Å². The van der Waals surface area contributed by atoms with E-state index in [1.54, 1.807) is 108 Å². The molecule has 104 heavy (non-hydrogen) atoms. The average Bonchev–Trinajstić information content (AvgIpc) is 1.58. The van der Waals surface area contributed by atoms with Crippen LogP contribution in [0.5, 0.6) is 34.5 Å². The lowest BCUT2D eigenvalue weighted by molar-refractivity contribution is -0.118. The fourth-order valence-electron chi connectivity index (χ4n) is 11.4. The Hall–Kier alpha value is -11.6. The van der Waals surface area contributed by atoms with Crippen LogP contribution in [0.3, 0.4) is 0 Å². The number of fused-ring (bicyclic) bond motifs is 3. The first-order valence-electron chi connectivity index (χ1n) is 32.9. The van der Waals surface area contributed by atoms with Crippen LogP contribution in [-0.2, 0) is 36.5 Å². The van der Waals surface area contributed by atoms with Gasteiger partial charge in [0, 0.05) is 171 Å². The van der Waals surface area contributed by atoms with E-state index in [0.29, 0.717) is 82.5 Å². The van der Waals surface area contributed by atoms with Gasteiger partial charge in [-0.05, 0) is 74.4 Å². The fourth-order valence-corrected chi connectivity index (χ4v) is 11.9. The minimum Gasteiger partial charge on any atom is -0.497 e. The maximum absolute atomic E-state index is 12.2. The molecule has 30 heteroatoms. The van der Waals surface area contributed by atoms with Gasteiger partial charge < -0.3 is 53.7 Å². The Morgan fingerprint density at radius 2 is 0.894 bits per heavy atom. The summed E-state index contributed by atoms with van der Waals surface area (Å²) in [6.07, 6.45) is 18.1. The van der Waals surface area contributed by atoms with Gasteiger partial charge in [-0.1, -0.05) is 13.8 Å². The number of primary amides is 1. The Bertz CT molecular complexity index is 5110. The number of rotatable bonds is 25. The largest absolute Gasteiger partial charge is 0.497 e. The van der Waals surface area contributed by atoms with E-state index < -0.39 is 19.3 Å². The molecule has 7 heterocycles. The van der Waals surface area contributed by atoms with E-state index in [9.17, 15) is 14.3 Å². The predicted molar refractivity (Wildman–Crippen MR) is 408 cm³/mol. The summed E-state index contributed by atoms with van der Waals surface area (Å²) in [6.45, 7) is 11.9. The molecule has 0 saturated carbocycles. The average molecular weight is 1490 g/mol. The third kappa shape index (κ3) is 18.4. The molecule has 540 valence electrons. The number of nitrogens with zero attached hydrogens (tertiary/aromatic N) is 18. The topological polar surface area (TPSA) is 307 Å². The monoisotopic (exact) mass is 1490 g/mol. The number of methoxy groups -OCH3 is 6. The Morgan fingerprint density at radius 1 is 0.500 bits per heavy atom. The Balaban J connectivity index is 0.000000167. The number of nitrogens with two attached hydrogens (primary N) is 1. The van der Waals surface area contributed by atoms with Gasteiger partial charge in [0.15, 0.2) is 7.37 Å².